The molecule has 9 nitrogen and oxygen atoms in total. The summed E-state index contributed by atoms with van der Waals surface area (Å²) < 4.78 is 29.4. The number of benzene rings is 1. The first kappa shape index (κ1) is 22.2. The lowest BCUT2D eigenvalue weighted by molar-refractivity contribution is -0.117. The lowest BCUT2D eigenvalue weighted by Crippen LogP contribution is -2.13. The Morgan fingerprint density at radius 3 is 2.58 bits per heavy atom. The number of amides is 1. The molecule has 1 aliphatic carbocycles. The molecule has 0 atom stereocenters. The van der Waals surface area contributed by atoms with Crippen molar-refractivity contribution in [3.63, 3.8) is 0 Å². The summed E-state index contributed by atoms with van der Waals surface area (Å²) in [4.78, 5) is 32.9. The Morgan fingerprint density at radius 2 is 1.76 bits per heavy atom. The van der Waals surface area contributed by atoms with Gasteiger partial charge in [-0.2, -0.15) is 5.10 Å². The number of hydrogen-bond acceptors (Lipinski definition) is 6. The molecular formula is C27H18F2N8O. The van der Waals surface area contributed by atoms with Crippen molar-refractivity contribution in [2.45, 2.75) is 12.8 Å². The Morgan fingerprint density at radius 1 is 0.921 bits per heavy atom. The van der Waals surface area contributed by atoms with Crippen LogP contribution in [-0.4, -0.2) is 41.0 Å². The highest BCUT2D eigenvalue weighted by molar-refractivity contribution is 5.98. The standard InChI is InChI=1S/C27H18F2N8O/c28-16-5-3-13(4-6-16)23-24-18(7-8-31-23)34-26(35-24)25-20-19(36-37-25)12-32-22(21(20)29)15-9-17(11-30-10-15)33-27(38)14-1-2-14/h3-12,14H,1-2H2,(H,33,38)(H,34,35)(H,36,37). The molecule has 6 aromatic rings. The molecule has 0 unspecified atom stereocenters. The van der Waals surface area contributed by atoms with Gasteiger partial charge >= 0.3 is 0 Å². The van der Waals surface area contributed by atoms with E-state index in [-0.39, 0.29) is 34.4 Å². The highest BCUT2D eigenvalue weighted by Crippen LogP contribution is 2.35. The summed E-state index contributed by atoms with van der Waals surface area (Å²) in [6.45, 7) is 0. The molecule has 1 fully saturated rings. The van der Waals surface area contributed by atoms with Gasteiger partial charge < -0.3 is 10.3 Å². The highest BCUT2D eigenvalue weighted by Gasteiger charge is 2.29. The van der Waals surface area contributed by atoms with Crippen LogP contribution in [0.15, 0.2) is 61.2 Å². The van der Waals surface area contributed by atoms with Gasteiger partial charge in [-0.15, -0.1) is 0 Å². The van der Waals surface area contributed by atoms with Gasteiger partial charge in [-0.05, 0) is 49.2 Å². The number of pyridine rings is 3. The Balaban J connectivity index is 1.31. The summed E-state index contributed by atoms with van der Waals surface area (Å²) in [6.07, 6.45) is 7.87. The number of nitrogens with one attached hydrogen (secondary N) is 3. The van der Waals surface area contributed by atoms with Gasteiger partial charge in [-0.25, -0.2) is 13.8 Å². The third-order valence-corrected chi connectivity index (χ3v) is 6.51. The molecule has 0 bridgehead atoms. The zero-order valence-corrected chi connectivity index (χ0v) is 19.7. The van der Waals surface area contributed by atoms with Crippen LogP contribution in [0.3, 0.4) is 0 Å². The number of fused-ring (bicyclic) bond motifs is 2. The molecule has 11 heteroatoms. The van der Waals surface area contributed by atoms with Crippen molar-refractivity contribution in [2.75, 3.05) is 5.32 Å². The Hall–Kier alpha value is -5.06. The van der Waals surface area contributed by atoms with E-state index in [1.165, 1.54) is 30.7 Å². The average Bonchev–Trinajstić information content (AvgIpc) is 3.54. The number of aromatic nitrogens is 7. The minimum atomic E-state index is -0.601. The summed E-state index contributed by atoms with van der Waals surface area (Å²) >= 11 is 0. The molecule has 0 radical (unpaired) electrons. The van der Waals surface area contributed by atoms with Crippen LogP contribution in [0.4, 0.5) is 14.5 Å². The van der Waals surface area contributed by atoms with E-state index in [1.807, 2.05) is 0 Å². The van der Waals surface area contributed by atoms with Crippen molar-refractivity contribution >= 4 is 33.5 Å². The minimum Gasteiger partial charge on any atom is -0.336 e. The second-order valence-corrected chi connectivity index (χ2v) is 9.16. The third-order valence-electron chi connectivity index (χ3n) is 6.51. The number of hydrogen-bond donors (Lipinski definition) is 3. The molecule has 186 valence electrons. The van der Waals surface area contributed by atoms with Crippen LogP contribution in [0.2, 0.25) is 0 Å². The van der Waals surface area contributed by atoms with Crippen LogP contribution in [0.25, 0.3) is 56.0 Å². The predicted octanol–water partition coefficient (Wildman–Crippen LogP) is 5.25. The van der Waals surface area contributed by atoms with Gasteiger partial charge in [-0.1, -0.05) is 0 Å². The van der Waals surface area contributed by atoms with Crippen molar-refractivity contribution in [3.05, 3.63) is 72.8 Å². The van der Waals surface area contributed by atoms with Gasteiger partial charge in [-0.3, -0.25) is 24.8 Å². The maximum Gasteiger partial charge on any atom is 0.227 e. The van der Waals surface area contributed by atoms with E-state index in [2.05, 4.69) is 40.4 Å². The fourth-order valence-corrected chi connectivity index (χ4v) is 4.44. The fraction of sp³-hybridized carbons (Fsp3) is 0.111. The first-order valence-corrected chi connectivity index (χ1v) is 11.9. The monoisotopic (exact) mass is 508 g/mol. The molecule has 7 rings (SSSR count). The number of anilines is 1. The number of nitrogens with zero attached hydrogens (tertiary/aromatic N) is 5. The summed E-state index contributed by atoms with van der Waals surface area (Å²) in [5.74, 6) is -0.652. The van der Waals surface area contributed by atoms with Crippen LogP contribution in [0.5, 0.6) is 0 Å². The molecule has 0 saturated heterocycles. The Labute approximate surface area is 213 Å². The van der Waals surface area contributed by atoms with Gasteiger partial charge in [0.25, 0.3) is 0 Å². The minimum absolute atomic E-state index is 0.0286. The van der Waals surface area contributed by atoms with Gasteiger partial charge in [0.15, 0.2) is 11.6 Å². The van der Waals surface area contributed by atoms with Crippen molar-refractivity contribution < 1.29 is 13.6 Å². The number of carbonyl (C=O) groups is 1. The normalized spacial score (nSPS) is 13.3. The van der Waals surface area contributed by atoms with E-state index >= 15 is 4.39 Å². The number of aromatic amines is 2. The first-order chi connectivity index (χ1) is 18.5. The van der Waals surface area contributed by atoms with Crippen molar-refractivity contribution in [2.24, 2.45) is 5.92 Å². The molecule has 5 aromatic heterocycles. The second-order valence-electron chi connectivity index (χ2n) is 9.16. The van der Waals surface area contributed by atoms with Crippen LogP contribution in [0, 0.1) is 17.6 Å². The maximum absolute atomic E-state index is 16.0. The topological polar surface area (TPSA) is 125 Å². The van der Waals surface area contributed by atoms with Crippen LogP contribution in [-0.2, 0) is 4.79 Å². The number of carbonyl (C=O) groups excluding carboxylic acids is 1. The molecule has 0 aliphatic heterocycles. The molecule has 1 aromatic carbocycles. The largest absolute Gasteiger partial charge is 0.336 e. The van der Waals surface area contributed by atoms with Crippen molar-refractivity contribution in [3.8, 4) is 34.0 Å². The predicted molar refractivity (Wildman–Crippen MR) is 137 cm³/mol. The van der Waals surface area contributed by atoms with E-state index in [1.54, 1.807) is 30.5 Å². The number of halogens is 2. The lowest BCUT2D eigenvalue weighted by Gasteiger charge is -2.07. The summed E-state index contributed by atoms with van der Waals surface area (Å²) in [5.41, 5.74) is 4.10. The molecule has 0 spiro atoms. The maximum atomic E-state index is 16.0. The SMILES string of the molecule is O=C(Nc1cncc(-c2ncc3[nH]nc(-c4nc5c(-c6ccc(F)cc6)nccc5[nH]4)c3c2F)c1)C1CC1. The third kappa shape index (κ3) is 3.76. The summed E-state index contributed by atoms with van der Waals surface area (Å²) in [7, 11) is 0. The van der Waals surface area contributed by atoms with E-state index in [0.717, 1.165) is 12.8 Å². The first-order valence-electron chi connectivity index (χ1n) is 11.9. The Bertz CT molecular complexity index is 1860. The van der Waals surface area contributed by atoms with Crippen LogP contribution in [0.1, 0.15) is 12.8 Å². The second kappa shape index (κ2) is 8.51. The van der Waals surface area contributed by atoms with Crippen molar-refractivity contribution in [1.29, 1.82) is 0 Å². The molecule has 38 heavy (non-hydrogen) atoms. The smallest absolute Gasteiger partial charge is 0.227 e. The lowest BCUT2D eigenvalue weighted by atomic mass is 10.1. The van der Waals surface area contributed by atoms with Gasteiger partial charge in [0.2, 0.25) is 5.91 Å². The molecule has 3 N–H and O–H groups in total. The molecular weight excluding hydrogens is 490 g/mol. The van der Waals surface area contributed by atoms with Gasteiger partial charge in [0, 0.05) is 29.4 Å². The van der Waals surface area contributed by atoms with Gasteiger partial charge in [0.05, 0.1) is 40.2 Å². The average molecular weight is 508 g/mol. The summed E-state index contributed by atoms with van der Waals surface area (Å²) in [5, 5.41) is 10.2. The van der Waals surface area contributed by atoms with E-state index in [9.17, 15) is 9.18 Å². The fourth-order valence-electron chi connectivity index (χ4n) is 4.44. The molecule has 5 heterocycles. The zero-order chi connectivity index (χ0) is 25.8. The molecule has 1 saturated carbocycles. The van der Waals surface area contributed by atoms with E-state index < -0.39 is 5.82 Å². The quantitative estimate of drug-likeness (QED) is 0.292. The highest BCUT2D eigenvalue weighted by atomic mass is 19.1. The number of H-pyrrole nitrogens is 2. The van der Waals surface area contributed by atoms with Crippen LogP contribution < -0.4 is 5.32 Å². The zero-order valence-electron chi connectivity index (χ0n) is 19.7. The molecule has 1 amide bonds. The van der Waals surface area contributed by atoms with Gasteiger partial charge in [0.1, 0.15) is 22.7 Å². The van der Waals surface area contributed by atoms with Crippen LogP contribution >= 0.6 is 0 Å². The van der Waals surface area contributed by atoms with Crippen molar-refractivity contribution in [1.82, 2.24) is 35.1 Å². The van der Waals surface area contributed by atoms with E-state index in [0.29, 0.717) is 44.9 Å². The Kier molecular flexibility index (Phi) is 4.96. The van der Waals surface area contributed by atoms with E-state index in [4.69, 9.17) is 0 Å². The number of imidazole rings is 1. The number of rotatable bonds is 5. The summed E-state index contributed by atoms with van der Waals surface area (Å²) in [6, 6.07) is 9.37. The molecule has 1 aliphatic rings.